The lowest BCUT2D eigenvalue weighted by atomic mass is 10.1. The van der Waals surface area contributed by atoms with Crippen LogP contribution in [0.15, 0.2) is 35.0 Å². The third kappa shape index (κ3) is 1.74. The first-order valence-corrected chi connectivity index (χ1v) is 5.30. The lowest BCUT2D eigenvalue weighted by Crippen LogP contribution is -1.95. The van der Waals surface area contributed by atoms with Crippen molar-refractivity contribution in [2.75, 3.05) is 5.73 Å². The number of benzene rings is 1. The lowest BCUT2D eigenvalue weighted by Gasteiger charge is -2.05. The third-order valence-corrected chi connectivity index (χ3v) is 2.57. The van der Waals surface area contributed by atoms with E-state index in [0.717, 1.165) is 29.7 Å². The van der Waals surface area contributed by atoms with Crippen molar-refractivity contribution >= 4 is 5.88 Å². The molecular weight excluding hydrogens is 204 g/mol. The van der Waals surface area contributed by atoms with E-state index in [2.05, 4.69) is 5.16 Å². The van der Waals surface area contributed by atoms with Gasteiger partial charge in [-0.1, -0.05) is 17.3 Å². The number of rotatable bonds is 3. The minimum atomic E-state index is 0.337. The van der Waals surface area contributed by atoms with Gasteiger partial charge in [-0.2, -0.15) is 0 Å². The van der Waals surface area contributed by atoms with E-state index in [-0.39, 0.29) is 0 Å². The Hall–Kier alpha value is -1.97. The van der Waals surface area contributed by atoms with Gasteiger partial charge in [0.2, 0.25) is 5.88 Å². The molecule has 1 aliphatic rings. The molecule has 1 heterocycles. The second-order valence-electron chi connectivity index (χ2n) is 3.95. The molecule has 0 aliphatic heterocycles. The summed E-state index contributed by atoms with van der Waals surface area (Å²) in [7, 11) is 0. The van der Waals surface area contributed by atoms with Gasteiger partial charge in [-0.05, 0) is 30.5 Å². The fourth-order valence-electron chi connectivity index (χ4n) is 1.58. The summed E-state index contributed by atoms with van der Waals surface area (Å²) in [6, 6.07) is 7.81. The summed E-state index contributed by atoms with van der Waals surface area (Å²) in [4.78, 5) is 0. The van der Waals surface area contributed by atoms with Crippen LogP contribution in [-0.4, -0.2) is 11.3 Å². The third-order valence-electron chi connectivity index (χ3n) is 2.57. The summed E-state index contributed by atoms with van der Waals surface area (Å²) >= 11 is 0. The monoisotopic (exact) mass is 216 g/mol. The maximum absolute atomic E-state index is 5.71. The van der Waals surface area contributed by atoms with Gasteiger partial charge in [0.15, 0.2) is 0 Å². The summed E-state index contributed by atoms with van der Waals surface area (Å²) < 4.78 is 10.6. The highest BCUT2D eigenvalue weighted by molar-refractivity contribution is 5.72. The van der Waals surface area contributed by atoms with Crippen molar-refractivity contribution in [2.45, 2.75) is 18.9 Å². The molecule has 82 valence electrons. The van der Waals surface area contributed by atoms with Gasteiger partial charge in [0.25, 0.3) is 0 Å². The zero-order chi connectivity index (χ0) is 11.0. The Morgan fingerprint density at radius 3 is 2.94 bits per heavy atom. The van der Waals surface area contributed by atoms with Gasteiger partial charge in [-0.3, -0.25) is 0 Å². The summed E-state index contributed by atoms with van der Waals surface area (Å²) in [5, 5.41) is 3.66. The molecule has 3 rings (SSSR count). The molecule has 0 amide bonds. The first-order valence-electron chi connectivity index (χ1n) is 5.30. The summed E-state index contributed by atoms with van der Waals surface area (Å²) in [6.45, 7) is 0. The Bertz CT molecular complexity index is 503. The van der Waals surface area contributed by atoms with Crippen LogP contribution in [-0.2, 0) is 0 Å². The Morgan fingerprint density at radius 1 is 1.38 bits per heavy atom. The van der Waals surface area contributed by atoms with E-state index < -0.39 is 0 Å². The molecule has 0 saturated heterocycles. The van der Waals surface area contributed by atoms with Crippen molar-refractivity contribution in [3.8, 4) is 16.9 Å². The van der Waals surface area contributed by atoms with E-state index in [9.17, 15) is 0 Å². The SMILES string of the molecule is Nc1oncc1-c1cccc(OC2CC2)c1. The molecule has 0 radical (unpaired) electrons. The summed E-state index contributed by atoms with van der Waals surface area (Å²) in [6.07, 6.45) is 4.32. The van der Waals surface area contributed by atoms with E-state index in [1.807, 2.05) is 24.3 Å². The van der Waals surface area contributed by atoms with E-state index >= 15 is 0 Å². The Labute approximate surface area is 93.0 Å². The Balaban J connectivity index is 1.92. The second kappa shape index (κ2) is 3.56. The summed E-state index contributed by atoms with van der Waals surface area (Å²) in [5.41, 5.74) is 7.44. The predicted octanol–water partition coefficient (Wildman–Crippen LogP) is 2.47. The van der Waals surface area contributed by atoms with Gasteiger partial charge in [0, 0.05) is 0 Å². The van der Waals surface area contributed by atoms with Gasteiger partial charge in [-0.25, -0.2) is 0 Å². The maximum atomic E-state index is 5.71. The van der Waals surface area contributed by atoms with E-state index in [0.29, 0.717) is 12.0 Å². The number of ether oxygens (including phenoxy) is 1. The topological polar surface area (TPSA) is 61.3 Å². The van der Waals surface area contributed by atoms with Crippen molar-refractivity contribution in [1.82, 2.24) is 5.16 Å². The molecule has 0 spiro atoms. The first kappa shape index (κ1) is 9.27. The Morgan fingerprint density at radius 2 is 2.25 bits per heavy atom. The van der Waals surface area contributed by atoms with E-state index in [1.54, 1.807) is 6.20 Å². The molecule has 2 N–H and O–H groups in total. The van der Waals surface area contributed by atoms with Gasteiger partial charge in [0.05, 0.1) is 17.9 Å². The van der Waals surface area contributed by atoms with Gasteiger partial charge < -0.3 is 15.0 Å². The second-order valence-corrected chi connectivity index (χ2v) is 3.95. The fraction of sp³-hybridized carbons (Fsp3) is 0.250. The molecule has 1 aliphatic carbocycles. The van der Waals surface area contributed by atoms with Crippen LogP contribution in [0.5, 0.6) is 5.75 Å². The zero-order valence-corrected chi connectivity index (χ0v) is 8.72. The van der Waals surface area contributed by atoms with Gasteiger partial charge in [0.1, 0.15) is 5.75 Å². The molecule has 1 aromatic carbocycles. The van der Waals surface area contributed by atoms with E-state index in [4.69, 9.17) is 15.0 Å². The molecule has 0 unspecified atom stereocenters. The molecule has 1 fully saturated rings. The van der Waals surface area contributed by atoms with Gasteiger partial charge >= 0.3 is 0 Å². The van der Waals surface area contributed by atoms with Crippen molar-refractivity contribution in [2.24, 2.45) is 0 Å². The molecule has 0 bridgehead atoms. The highest BCUT2D eigenvalue weighted by Crippen LogP contribution is 2.31. The molecule has 0 atom stereocenters. The van der Waals surface area contributed by atoms with Crippen molar-refractivity contribution in [3.05, 3.63) is 30.5 Å². The minimum absolute atomic E-state index is 0.337. The lowest BCUT2D eigenvalue weighted by molar-refractivity contribution is 0.303. The number of nitrogens with zero attached hydrogens (tertiary/aromatic N) is 1. The van der Waals surface area contributed by atoms with Crippen LogP contribution in [0.25, 0.3) is 11.1 Å². The van der Waals surface area contributed by atoms with Crippen LogP contribution in [0.3, 0.4) is 0 Å². The van der Waals surface area contributed by atoms with Crippen LogP contribution >= 0.6 is 0 Å². The number of nitrogen functional groups attached to an aromatic ring is 1. The normalized spacial score (nSPS) is 15.0. The summed E-state index contributed by atoms with van der Waals surface area (Å²) in [5.74, 6) is 1.21. The van der Waals surface area contributed by atoms with Crippen molar-refractivity contribution < 1.29 is 9.26 Å². The Kier molecular flexibility index (Phi) is 2.06. The van der Waals surface area contributed by atoms with Crippen LogP contribution in [0.1, 0.15) is 12.8 Å². The smallest absolute Gasteiger partial charge is 0.229 e. The highest BCUT2D eigenvalue weighted by atomic mass is 16.5. The zero-order valence-electron chi connectivity index (χ0n) is 8.72. The first-order chi connectivity index (χ1) is 7.83. The van der Waals surface area contributed by atoms with Gasteiger partial charge in [-0.15, -0.1) is 0 Å². The molecule has 1 saturated carbocycles. The largest absolute Gasteiger partial charge is 0.490 e. The van der Waals surface area contributed by atoms with Crippen molar-refractivity contribution in [1.29, 1.82) is 0 Å². The quantitative estimate of drug-likeness (QED) is 0.856. The number of hydrogen-bond donors (Lipinski definition) is 1. The average Bonchev–Trinajstić information content (AvgIpc) is 2.99. The number of nitrogens with two attached hydrogens (primary N) is 1. The molecule has 4 nitrogen and oxygen atoms in total. The maximum Gasteiger partial charge on any atom is 0.229 e. The van der Waals surface area contributed by atoms with Crippen LogP contribution in [0, 0.1) is 0 Å². The highest BCUT2D eigenvalue weighted by Gasteiger charge is 2.23. The van der Waals surface area contributed by atoms with Crippen LogP contribution in [0.2, 0.25) is 0 Å². The van der Waals surface area contributed by atoms with Crippen molar-refractivity contribution in [3.63, 3.8) is 0 Å². The van der Waals surface area contributed by atoms with Crippen LogP contribution in [0.4, 0.5) is 5.88 Å². The van der Waals surface area contributed by atoms with Crippen LogP contribution < -0.4 is 10.5 Å². The number of aromatic nitrogens is 1. The molecule has 2 aromatic rings. The molecular formula is C12H12N2O2. The molecule has 4 heteroatoms. The standard InChI is InChI=1S/C12H12N2O2/c13-12-11(7-14-16-12)8-2-1-3-10(6-8)15-9-4-5-9/h1-3,6-7,9H,4-5,13H2. The minimum Gasteiger partial charge on any atom is -0.490 e. The number of hydrogen-bond acceptors (Lipinski definition) is 4. The number of anilines is 1. The van der Waals surface area contributed by atoms with E-state index in [1.165, 1.54) is 0 Å². The average molecular weight is 216 g/mol. The predicted molar refractivity (Wildman–Crippen MR) is 60.0 cm³/mol. The fourth-order valence-corrected chi connectivity index (χ4v) is 1.58. The molecule has 1 aromatic heterocycles. The molecule has 16 heavy (non-hydrogen) atoms.